The molecule has 0 aliphatic rings. The van der Waals surface area contributed by atoms with Crippen molar-refractivity contribution in [2.45, 2.75) is 6.54 Å². The van der Waals surface area contributed by atoms with Crippen LogP contribution in [0.2, 0.25) is 0 Å². The number of rotatable bonds is 5. The third-order valence-electron chi connectivity index (χ3n) is 3.72. The fraction of sp³-hybridized carbons (Fsp3) is 0.105. The van der Waals surface area contributed by atoms with E-state index in [2.05, 4.69) is 15.3 Å². The van der Waals surface area contributed by atoms with Crippen LogP contribution >= 0.6 is 0 Å². The number of carbonyl (C=O) groups excluding carboxylic acids is 1. The van der Waals surface area contributed by atoms with Crippen LogP contribution in [0.1, 0.15) is 16.1 Å². The lowest BCUT2D eigenvalue weighted by atomic mass is 10.2. The first-order valence-corrected chi connectivity index (χ1v) is 7.86. The minimum atomic E-state index is -1.03. The second kappa shape index (κ2) is 7.69. The van der Waals surface area contributed by atoms with E-state index in [1.807, 2.05) is 42.3 Å². The average molecular weight is 354 g/mol. The van der Waals surface area contributed by atoms with Gasteiger partial charge in [0.1, 0.15) is 17.8 Å². The highest BCUT2D eigenvalue weighted by atomic mass is 19.2. The van der Waals surface area contributed by atoms with Crippen molar-refractivity contribution in [3.63, 3.8) is 0 Å². The van der Waals surface area contributed by atoms with Crippen molar-refractivity contribution in [2.75, 3.05) is 17.3 Å². The van der Waals surface area contributed by atoms with Crippen LogP contribution in [0.25, 0.3) is 0 Å². The largest absolute Gasteiger partial charge is 0.355 e. The molecule has 7 heteroatoms. The summed E-state index contributed by atoms with van der Waals surface area (Å²) in [5.74, 6) is -1.98. The standard InChI is InChI=1S/C19H16F2N4O/c1-25(11-13-5-3-2-4-6-13)18-10-17(22-12-23-18)19(26)24-14-7-8-15(20)16(21)9-14/h2-10,12H,11H2,1H3,(H,24,26). The Morgan fingerprint density at radius 1 is 1.04 bits per heavy atom. The van der Waals surface area contributed by atoms with Crippen molar-refractivity contribution < 1.29 is 13.6 Å². The molecule has 5 nitrogen and oxygen atoms in total. The third kappa shape index (κ3) is 4.18. The molecule has 0 spiro atoms. The fourth-order valence-corrected chi connectivity index (χ4v) is 2.39. The van der Waals surface area contributed by atoms with Crippen LogP contribution < -0.4 is 10.2 Å². The zero-order chi connectivity index (χ0) is 18.5. The highest BCUT2D eigenvalue weighted by molar-refractivity contribution is 6.03. The number of hydrogen-bond acceptors (Lipinski definition) is 4. The first-order valence-electron chi connectivity index (χ1n) is 7.86. The molecule has 1 aromatic heterocycles. The van der Waals surface area contributed by atoms with Crippen LogP contribution in [0, 0.1) is 11.6 Å². The molecule has 0 aliphatic carbocycles. The number of halogens is 2. The number of nitrogens with one attached hydrogen (secondary N) is 1. The van der Waals surface area contributed by atoms with Gasteiger partial charge in [-0.2, -0.15) is 0 Å². The molecule has 0 fully saturated rings. The summed E-state index contributed by atoms with van der Waals surface area (Å²) in [4.78, 5) is 22.3. The monoisotopic (exact) mass is 354 g/mol. The van der Waals surface area contributed by atoms with Gasteiger partial charge in [-0.1, -0.05) is 30.3 Å². The van der Waals surface area contributed by atoms with Crippen LogP contribution in [-0.2, 0) is 6.54 Å². The van der Waals surface area contributed by atoms with Gasteiger partial charge in [-0.25, -0.2) is 18.7 Å². The molecule has 3 aromatic rings. The van der Waals surface area contributed by atoms with Gasteiger partial charge in [0, 0.05) is 31.4 Å². The van der Waals surface area contributed by atoms with E-state index in [0.717, 1.165) is 17.7 Å². The molecule has 2 aromatic carbocycles. The van der Waals surface area contributed by atoms with E-state index in [-0.39, 0.29) is 11.4 Å². The smallest absolute Gasteiger partial charge is 0.274 e. The summed E-state index contributed by atoms with van der Waals surface area (Å²) in [6, 6.07) is 14.5. The van der Waals surface area contributed by atoms with Gasteiger partial charge in [-0.15, -0.1) is 0 Å². The highest BCUT2D eigenvalue weighted by Crippen LogP contribution is 2.16. The van der Waals surface area contributed by atoms with Gasteiger partial charge >= 0.3 is 0 Å². The summed E-state index contributed by atoms with van der Waals surface area (Å²) in [6.45, 7) is 0.613. The molecule has 1 N–H and O–H groups in total. The van der Waals surface area contributed by atoms with Crippen LogP contribution in [-0.4, -0.2) is 22.9 Å². The Kier molecular flexibility index (Phi) is 5.17. The van der Waals surface area contributed by atoms with Gasteiger partial charge in [-0.05, 0) is 17.7 Å². The topological polar surface area (TPSA) is 58.1 Å². The number of anilines is 2. The van der Waals surface area contributed by atoms with Crippen molar-refractivity contribution in [2.24, 2.45) is 0 Å². The molecular formula is C19H16F2N4O. The zero-order valence-electron chi connectivity index (χ0n) is 14.0. The summed E-state index contributed by atoms with van der Waals surface area (Å²) in [7, 11) is 1.85. The third-order valence-corrected chi connectivity index (χ3v) is 3.72. The van der Waals surface area contributed by atoms with E-state index < -0.39 is 17.5 Å². The SMILES string of the molecule is CN(Cc1ccccc1)c1cc(C(=O)Nc2ccc(F)c(F)c2)ncn1. The van der Waals surface area contributed by atoms with Crippen molar-refractivity contribution in [1.29, 1.82) is 0 Å². The molecule has 0 aliphatic heterocycles. The summed E-state index contributed by atoms with van der Waals surface area (Å²) in [5, 5.41) is 2.49. The van der Waals surface area contributed by atoms with Crippen LogP contribution in [0.5, 0.6) is 0 Å². The Morgan fingerprint density at radius 3 is 2.54 bits per heavy atom. The van der Waals surface area contributed by atoms with E-state index >= 15 is 0 Å². The number of carbonyl (C=O) groups is 1. The van der Waals surface area contributed by atoms with Crippen molar-refractivity contribution >= 4 is 17.4 Å². The summed E-state index contributed by atoms with van der Waals surface area (Å²) in [6.07, 6.45) is 1.29. The number of hydrogen-bond donors (Lipinski definition) is 1. The van der Waals surface area contributed by atoms with Crippen LogP contribution in [0.15, 0.2) is 60.9 Å². The van der Waals surface area contributed by atoms with Crippen LogP contribution in [0.3, 0.4) is 0 Å². The van der Waals surface area contributed by atoms with Crippen molar-refractivity contribution in [1.82, 2.24) is 9.97 Å². The minimum absolute atomic E-state index is 0.125. The molecule has 0 radical (unpaired) electrons. The second-order valence-corrected chi connectivity index (χ2v) is 5.69. The maximum Gasteiger partial charge on any atom is 0.274 e. The molecule has 0 saturated heterocycles. The van der Waals surface area contributed by atoms with Crippen molar-refractivity contribution in [3.05, 3.63) is 83.8 Å². The lowest BCUT2D eigenvalue weighted by Crippen LogP contribution is -2.20. The molecule has 3 rings (SSSR count). The molecular weight excluding hydrogens is 338 g/mol. The maximum atomic E-state index is 13.3. The molecule has 1 amide bonds. The highest BCUT2D eigenvalue weighted by Gasteiger charge is 2.12. The van der Waals surface area contributed by atoms with Gasteiger partial charge < -0.3 is 10.2 Å². The van der Waals surface area contributed by atoms with Crippen LogP contribution in [0.4, 0.5) is 20.3 Å². The molecule has 0 bridgehead atoms. The molecule has 1 heterocycles. The van der Waals surface area contributed by atoms with Gasteiger partial charge in [0.15, 0.2) is 11.6 Å². The normalized spacial score (nSPS) is 10.4. The minimum Gasteiger partial charge on any atom is -0.355 e. The lowest BCUT2D eigenvalue weighted by molar-refractivity contribution is 0.102. The Labute approximate surface area is 149 Å². The van der Waals surface area contributed by atoms with E-state index in [9.17, 15) is 13.6 Å². The van der Waals surface area contributed by atoms with Gasteiger partial charge in [-0.3, -0.25) is 4.79 Å². The number of amides is 1. The Bertz CT molecular complexity index is 918. The number of aromatic nitrogens is 2. The van der Waals surface area contributed by atoms with Gasteiger partial charge in [0.2, 0.25) is 0 Å². The fourth-order valence-electron chi connectivity index (χ4n) is 2.39. The average Bonchev–Trinajstić information content (AvgIpc) is 2.65. The van der Waals surface area contributed by atoms with E-state index in [4.69, 9.17) is 0 Å². The van der Waals surface area contributed by atoms with E-state index in [1.165, 1.54) is 18.5 Å². The molecule has 26 heavy (non-hydrogen) atoms. The lowest BCUT2D eigenvalue weighted by Gasteiger charge is -2.18. The first-order chi connectivity index (χ1) is 12.5. The second-order valence-electron chi connectivity index (χ2n) is 5.69. The summed E-state index contributed by atoms with van der Waals surface area (Å²) < 4.78 is 26.2. The molecule has 132 valence electrons. The van der Waals surface area contributed by atoms with Gasteiger partial charge in [0.05, 0.1) is 0 Å². The van der Waals surface area contributed by atoms with E-state index in [0.29, 0.717) is 12.4 Å². The number of benzene rings is 2. The van der Waals surface area contributed by atoms with Crippen molar-refractivity contribution in [3.8, 4) is 0 Å². The Hall–Kier alpha value is -3.35. The number of nitrogens with zero attached hydrogens (tertiary/aromatic N) is 3. The molecule has 0 saturated carbocycles. The summed E-state index contributed by atoms with van der Waals surface area (Å²) in [5.41, 5.74) is 1.37. The predicted octanol–water partition coefficient (Wildman–Crippen LogP) is 3.64. The predicted molar refractivity (Wildman–Crippen MR) is 94.9 cm³/mol. The Balaban J connectivity index is 1.73. The zero-order valence-corrected chi connectivity index (χ0v) is 14.0. The quantitative estimate of drug-likeness (QED) is 0.760. The summed E-state index contributed by atoms with van der Waals surface area (Å²) >= 11 is 0. The Morgan fingerprint density at radius 2 is 1.81 bits per heavy atom. The molecule has 0 unspecified atom stereocenters. The van der Waals surface area contributed by atoms with Gasteiger partial charge in [0.25, 0.3) is 5.91 Å². The molecule has 0 atom stereocenters. The van der Waals surface area contributed by atoms with E-state index in [1.54, 1.807) is 0 Å². The first kappa shape index (κ1) is 17.5. The maximum absolute atomic E-state index is 13.3.